The van der Waals surface area contributed by atoms with Gasteiger partial charge in [0.15, 0.2) is 11.5 Å². The van der Waals surface area contributed by atoms with Crippen LogP contribution in [0.5, 0.6) is 17.2 Å². The molecule has 220 valence electrons. The number of phenols is 1. The first-order chi connectivity index (χ1) is 19.3. The van der Waals surface area contributed by atoms with Crippen molar-refractivity contribution in [3.8, 4) is 17.2 Å². The lowest BCUT2D eigenvalue weighted by atomic mass is 9.48. The molecule has 2 bridgehead atoms. The predicted octanol–water partition coefficient (Wildman–Crippen LogP) is 4.64. The molecule has 2 heterocycles. The van der Waals surface area contributed by atoms with Crippen LogP contribution in [0.25, 0.3) is 6.08 Å². The number of alkyl halides is 3. The summed E-state index contributed by atoms with van der Waals surface area (Å²) in [6, 6.07) is 8.56. The summed E-state index contributed by atoms with van der Waals surface area (Å²) in [5, 5.41) is 23.3. The minimum absolute atomic E-state index is 0.0357. The zero-order valence-electron chi connectivity index (χ0n) is 23.3. The Bertz CT molecular complexity index is 1390. The molecule has 7 nitrogen and oxygen atoms in total. The number of carbonyl (C=O) groups excluding carboxylic acids is 1. The van der Waals surface area contributed by atoms with Crippen molar-refractivity contribution in [1.29, 1.82) is 0 Å². The minimum atomic E-state index is -4.81. The third kappa shape index (κ3) is 4.37. The maximum atomic E-state index is 13.8. The zero-order chi connectivity index (χ0) is 29.3. The Morgan fingerprint density at radius 3 is 2.78 bits per heavy atom. The Kier molecular flexibility index (Phi) is 6.57. The van der Waals surface area contributed by atoms with Crippen molar-refractivity contribution in [3.05, 3.63) is 59.2 Å². The zero-order valence-corrected chi connectivity index (χ0v) is 23.3. The van der Waals surface area contributed by atoms with Crippen LogP contribution in [0.4, 0.5) is 13.2 Å². The fourth-order valence-corrected chi connectivity index (χ4v) is 7.91. The summed E-state index contributed by atoms with van der Waals surface area (Å²) in [5.41, 5.74) is 0.495. The molecule has 5 atom stereocenters. The van der Waals surface area contributed by atoms with Gasteiger partial charge in [0.05, 0.1) is 17.1 Å². The normalized spacial score (nSPS) is 30.3. The van der Waals surface area contributed by atoms with Crippen molar-refractivity contribution in [2.24, 2.45) is 5.92 Å². The topological polar surface area (TPSA) is 82.5 Å². The standard InChI is InChI=1S/C31H35F3N2O5/c1-18(2)17-36(25(38)10-7-19-5-4-6-21(15-19)41-31(32,33)34)22-11-12-30(39)24-16-20-8-9-23(37)27-26(20)29(30,28(22)40-27)13-14-35(24)3/h4-10,15,18,22,24,28,37,39H,11-14,16-17H2,1-3H3/t22?,24-,28?,29+,30-/m1/s1. The van der Waals surface area contributed by atoms with Crippen LogP contribution in [0.15, 0.2) is 42.5 Å². The average molecular weight is 573 g/mol. The molecule has 10 heteroatoms. The quantitative estimate of drug-likeness (QED) is 0.491. The van der Waals surface area contributed by atoms with Crippen LogP contribution in [0.2, 0.25) is 0 Å². The predicted molar refractivity (Wildman–Crippen MR) is 146 cm³/mol. The largest absolute Gasteiger partial charge is 0.573 e. The number of halogens is 3. The molecule has 0 radical (unpaired) electrons. The molecule has 2 N–H and O–H groups in total. The molecule has 2 aliphatic heterocycles. The summed E-state index contributed by atoms with van der Waals surface area (Å²) in [6.07, 6.45) is -0.234. The molecule has 4 aliphatic rings. The maximum absolute atomic E-state index is 13.8. The molecule has 2 aliphatic carbocycles. The monoisotopic (exact) mass is 572 g/mol. The average Bonchev–Trinajstić information content (AvgIpc) is 3.25. The van der Waals surface area contributed by atoms with E-state index in [4.69, 9.17) is 4.74 Å². The highest BCUT2D eigenvalue weighted by atomic mass is 19.4. The van der Waals surface area contributed by atoms with Crippen LogP contribution in [0.1, 0.15) is 49.8 Å². The fourth-order valence-electron chi connectivity index (χ4n) is 7.91. The van der Waals surface area contributed by atoms with E-state index in [1.54, 1.807) is 17.0 Å². The van der Waals surface area contributed by atoms with Gasteiger partial charge in [-0.1, -0.05) is 32.0 Å². The van der Waals surface area contributed by atoms with E-state index in [0.29, 0.717) is 43.5 Å². The molecular weight excluding hydrogens is 537 g/mol. The molecule has 2 aromatic rings. The van der Waals surface area contributed by atoms with Crippen molar-refractivity contribution in [2.45, 2.75) is 75.1 Å². The first-order valence-corrected chi connectivity index (χ1v) is 14.1. The summed E-state index contributed by atoms with van der Waals surface area (Å²) in [6.45, 7) is 5.21. The van der Waals surface area contributed by atoms with Crippen LogP contribution < -0.4 is 9.47 Å². The van der Waals surface area contributed by atoms with Gasteiger partial charge >= 0.3 is 6.36 Å². The number of ether oxygens (including phenoxy) is 2. The highest BCUT2D eigenvalue weighted by molar-refractivity contribution is 5.92. The lowest BCUT2D eigenvalue weighted by Gasteiger charge is -2.64. The second kappa shape index (κ2) is 9.66. The third-order valence-corrected chi connectivity index (χ3v) is 9.45. The summed E-state index contributed by atoms with van der Waals surface area (Å²) in [5.74, 6) is -0.0856. The van der Waals surface area contributed by atoms with Crippen LogP contribution in [0, 0.1) is 5.92 Å². The number of aliphatic hydroxyl groups is 1. The third-order valence-electron chi connectivity index (χ3n) is 9.45. The van der Waals surface area contributed by atoms with Crippen molar-refractivity contribution in [3.63, 3.8) is 0 Å². The first kappa shape index (κ1) is 27.9. The van der Waals surface area contributed by atoms with E-state index in [1.807, 2.05) is 27.0 Å². The van der Waals surface area contributed by atoms with Gasteiger partial charge in [0, 0.05) is 24.2 Å². The van der Waals surface area contributed by atoms with Crippen molar-refractivity contribution >= 4 is 12.0 Å². The van der Waals surface area contributed by atoms with Gasteiger partial charge in [0.1, 0.15) is 11.9 Å². The van der Waals surface area contributed by atoms with Crippen LogP contribution in [-0.4, -0.2) is 76.2 Å². The van der Waals surface area contributed by atoms with E-state index in [2.05, 4.69) is 9.64 Å². The number of likely N-dealkylation sites (N-methyl/N-ethyl adjacent to an activating group) is 1. The second-order valence-electron chi connectivity index (χ2n) is 12.3. The molecule has 41 heavy (non-hydrogen) atoms. The van der Waals surface area contributed by atoms with E-state index >= 15 is 0 Å². The van der Waals surface area contributed by atoms with Crippen LogP contribution >= 0.6 is 0 Å². The van der Waals surface area contributed by atoms with Gasteiger partial charge in [0.2, 0.25) is 5.91 Å². The number of likely N-dealkylation sites (tertiary alicyclic amines) is 1. The maximum Gasteiger partial charge on any atom is 0.573 e. The summed E-state index contributed by atoms with van der Waals surface area (Å²) in [4.78, 5) is 17.8. The van der Waals surface area contributed by atoms with Crippen molar-refractivity contribution in [2.75, 3.05) is 20.1 Å². The molecule has 1 saturated heterocycles. The Morgan fingerprint density at radius 1 is 1.27 bits per heavy atom. The van der Waals surface area contributed by atoms with Gasteiger partial charge in [-0.3, -0.25) is 4.79 Å². The van der Waals surface area contributed by atoms with Gasteiger partial charge in [0.25, 0.3) is 0 Å². The number of benzene rings is 2. The number of phenolic OH excluding ortho intramolecular Hbond substituents is 1. The molecule has 1 saturated carbocycles. The Balaban J connectivity index is 1.36. The Labute approximate surface area is 237 Å². The molecule has 2 fully saturated rings. The first-order valence-electron chi connectivity index (χ1n) is 14.1. The highest BCUT2D eigenvalue weighted by Gasteiger charge is 2.73. The highest BCUT2D eigenvalue weighted by Crippen LogP contribution is 2.65. The summed E-state index contributed by atoms with van der Waals surface area (Å²) >= 11 is 0. The number of hydrogen-bond donors (Lipinski definition) is 2. The van der Waals surface area contributed by atoms with E-state index in [-0.39, 0.29) is 35.4 Å². The van der Waals surface area contributed by atoms with E-state index in [9.17, 15) is 28.2 Å². The molecule has 0 aromatic heterocycles. The molecule has 6 rings (SSSR count). The summed E-state index contributed by atoms with van der Waals surface area (Å²) < 4.78 is 48.7. The Hall–Kier alpha value is -3.24. The lowest BCUT2D eigenvalue weighted by Crippen LogP contribution is -2.78. The Morgan fingerprint density at radius 2 is 2.05 bits per heavy atom. The van der Waals surface area contributed by atoms with Gasteiger partial charge in [-0.15, -0.1) is 13.2 Å². The summed E-state index contributed by atoms with van der Waals surface area (Å²) in [7, 11) is 2.03. The van der Waals surface area contributed by atoms with Gasteiger partial charge in [-0.2, -0.15) is 0 Å². The SMILES string of the molecule is CC(C)CN(C(=O)C=Cc1cccc(OC(F)(F)F)c1)C1CC[C@@]2(O)[C@H]3Cc4ccc(O)c5c4[C@@]2(CCN3C)C1O5. The number of nitrogens with zero attached hydrogens (tertiary/aromatic N) is 2. The van der Waals surface area contributed by atoms with Gasteiger partial charge in [-0.25, -0.2) is 0 Å². The van der Waals surface area contributed by atoms with Crippen LogP contribution in [-0.2, 0) is 16.6 Å². The number of amides is 1. The smallest absolute Gasteiger partial charge is 0.504 e. The van der Waals surface area contributed by atoms with Gasteiger partial charge < -0.3 is 29.5 Å². The number of piperidine rings is 1. The molecule has 2 aromatic carbocycles. The minimum Gasteiger partial charge on any atom is -0.504 e. The number of rotatable bonds is 6. The second-order valence-corrected chi connectivity index (χ2v) is 12.3. The van der Waals surface area contributed by atoms with E-state index < -0.39 is 23.5 Å². The van der Waals surface area contributed by atoms with E-state index in [1.165, 1.54) is 30.4 Å². The fraction of sp³-hybridized carbons (Fsp3) is 0.516. The van der Waals surface area contributed by atoms with Crippen molar-refractivity contribution in [1.82, 2.24) is 9.80 Å². The molecule has 2 unspecified atom stereocenters. The van der Waals surface area contributed by atoms with E-state index in [0.717, 1.165) is 17.7 Å². The molecule has 1 amide bonds. The lowest BCUT2D eigenvalue weighted by molar-refractivity contribution is -0.274. The van der Waals surface area contributed by atoms with Gasteiger partial charge in [-0.05, 0) is 80.6 Å². The molecular formula is C31H35F3N2O5. The number of carbonyl (C=O) groups is 1. The van der Waals surface area contributed by atoms with Crippen molar-refractivity contribution < 1.29 is 37.7 Å². The van der Waals surface area contributed by atoms with Crippen LogP contribution in [0.3, 0.4) is 0 Å². The molecule has 1 spiro atoms. The number of aromatic hydroxyl groups is 1. The number of hydrogen-bond acceptors (Lipinski definition) is 6.